The Balaban J connectivity index is 3.25. The summed E-state index contributed by atoms with van der Waals surface area (Å²) in [6, 6.07) is 0. The van der Waals surface area contributed by atoms with E-state index in [0.717, 1.165) is 0 Å². The summed E-state index contributed by atoms with van der Waals surface area (Å²) in [5, 5.41) is 16.8. The normalized spacial score (nSPS) is 10.9. The van der Waals surface area contributed by atoms with E-state index in [1.807, 2.05) is 6.92 Å². The molecule has 0 aromatic rings. The van der Waals surface area contributed by atoms with Gasteiger partial charge in [-0.2, -0.15) is 0 Å². The fourth-order valence-electron chi connectivity index (χ4n) is 0.565. The summed E-state index contributed by atoms with van der Waals surface area (Å²) < 4.78 is 9.95. The van der Waals surface area contributed by atoms with Gasteiger partial charge in [-0.3, -0.25) is 0 Å². The van der Waals surface area contributed by atoms with Gasteiger partial charge in [-0.25, -0.2) is 0 Å². The highest BCUT2D eigenvalue weighted by Gasteiger charge is 2.06. The Morgan fingerprint density at radius 1 is 1.09 bits per heavy atom. The topological polar surface area (TPSA) is 58.9 Å². The van der Waals surface area contributed by atoms with E-state index >= 15 is 0 Å². The fraction of sp³-hybridized carbons (Fsp3) is 0.857. The number of hydrogen-bond acceptors (Lipinski definition) is 4. The van der Waals surface area contributed by atoms with Crippen LogP contribution in [0.4, 0.5) is 0 Å². The van der Waals surface area contributed by atoms with Crippen LogP contribution in [0.15, 0.2) is 0 Å². The number of hydrogen-bond donors (Lipinski definition) is 2. The Morgan fingerprint density at radius 2 is 1.55 bits per heavy atom. The number of aliphatic hydroxyl groups excluding tert-OH is 2. The third-order valence-electron chi connectivity index (χ3n) is 0.997. The van der Waals surface area contributed by atoms with Gasteiger partial charge in [0, 0.05) is 6.42 Å². The van der Waals surface area contributed by atoms with Gasteiger partial charge in [-0.05, 0) is 0 Å². The molecule has 0 rings (SSSR count). The first kappa shape index (κ1) is 10.8. The van der Waals surface area contributed by atoms with Crippen LogP contribution in [0.1, 0.15) is 13.3 Å². The van der Waals surface area contributed by atoms with Crippen molar-refractivity contribution >= 4 is 0 Å². The highest BCUT2D eigenvalue weighted by atomic mass is 16.7. The van der Waals surface area contributed by atoms with Crippen LogP contribution in [0.5, 0.6) is 0 Å². The van der Waals surface area contributed by atoms with Crippen LogP contribution in [-0.2, 0) is 9.47 Å². The molecule has 0 aromatic heterocycles. The predicted octanol–water partition coefficient (Wildman–Crippen LogP) is -0.0963. The molecule has 0 bridgehead atoms. The highest BCUT2D eigenvalue weighted by Crippen LogP contribution is 2.08. The quantitative estimate of drug-likeness (QED) is 0.550. The van der Waals surface area contributed by atoms with E-state index in [1.54, 1.807) is 0 Å². The van der Waals surface area contributed by atoms with E-state index in [0.29, 0.717) is 12.7 Å². The first-order valence-corrected chi connectivity index (χ1v) is 3.68. The lowest BCUT2D eigenvalue weighted by atomic mass is 10.5. The van der Waals surface area contributed by atoms with Crippen LogP contribution in [0.3, 0.4) is 0 Å². The lowest BCUT2D eigenvalue weighted by Gasteiger charge is -2.12. The molecule has 0 atom stereocenters. The SMILES string of the molecule is CC[C](OCCO)OCCO. The van der Waals surface area contributed by atoms with Crippen molar-refractivity contribution in [2.75, 3.05) is 26.4 Å². The standard InChI is InChI=1S/C7H15O4/c1-2-7(10-5-3-8)11-6-4-9/h8-9H,2-6H2,1H3. The maximum atomic E-state index is 8.39. The molecule has 2 N–H and O–H groups in total. The molecule has 4 nitrogen and oxygen atoms in total. The zero-order chi connectivity index (χ0) is 8.53. The Hall–Kier alpha value is -0.160. The second kappa shape index (κ2) is 7.94. The molecule has 0 saturated carbocycles. The molecule has 1 radical (unpaired) electrons. The van der Waals surface area contributed by atoms with Crippen LogP contribution >= 0.6 is 0 Å². The van der Waals surface area contributed by atoms with Crippen molar-refractivity contribution in [3.05, 3.63) is 6.29 Å². The minimum absolute atomic E-state index is 0.0218. The lowest BCUT2D eigenvalue weighted by molar-refractivity contribution is -0.0647. The van der Waals surface area contributed by atoms with E-state index in [1.165, 1.54) is 0 Å². The molecule has 11 heavy (non-hydrogen) atoms. The summed E-state index contributed by atoms with van der Waals surface area (Å²) >= 11 is 0. The molecule has 0 aliphatic heterocycles. The van der Waals surface area contributed by atoms with E-state index in [4.69, 9.17) is 19.7 Å². The van der Waals surface area contributed by atoms with E-state index < -0.39 is 0 Å². The summed E-state index contributed by atoms with van der Waals surface area (Å²) in [6.07, 6.45) is 1.10. The van der Waals surface area contributed by atoms with Gasteiger partial charge in [0.15, 0.2) is 0 Å². The minimum Gasteiger partial charge on any atom is -0.394 e. The van der Waals surface area contributed by atoms with Crippen molar-refractivity contribution in [2.24, 2.45) is 0 Å². The summed E-state index contributed by atoms with van der Waals surface area (Å²) in [6.45, 7) is 2.32. The molecule has 0 aromatic carbocycles. The third kappa shape index (κ3) is 6.25. The first-order valence-electron chi connectivity index (χ1n) is 3.68. The molecule has 0 unspecified atom stereocenters. The molecular formula is C7H15O4. The molecule has 4 heteroatoms. The van der Waals surface area contributed by atoms with Crippen LogP contribution in [-0.4, -0.2) is 36.6 Å². The van der Waals surface area contributed by atoms with Crippen molar-refractivity contribution in [1.29, 1.82) is 0 Å². The monoisotopic (exact) mass is 163 g/mol. The molecule has 0 aliphatic carbocycles. The molecular weight excluding hydrogens is 148 g/mol. The second-order valence-electron chi connectivity index (χ2n) is 1.87. The van der Waals surface area contributed by atoms with Crippen LogP contribution in [0.2, 0.25) is 0 Å². The molecule has 0 fully saturated rings. The van der Waals surface area contributed by atoms with Crippen molar-refractivity contribution in [3.8, 4) is 0 Å². The molecule has 0 spiro atoms. The summed E-state index contributed by atoms with van der Waals surface area (Å²) in [5.74, 6) is 0. The third-order valence-corrected chi connectivity index (χ3v) is 0.997. The maximum absolute atomic E-state index is 8.39. The largest absolute Gasteiger partial charge is 0.394 e. The first-order chi connectivity index (χ1) is 5.35. The number of ether oxygens (including phenoxy) is 2. The summed E-state index contributed by atoms with van der Waals surface area (Å²) in [7, 11) is 0. The Kier molecular flexibility index (Phi) is 7.83. The second-order valence-corrected chi connectivity index (χ2v) is 1.87. The van der Waals surface area contributed by atoms with Crippen molar-refractivity contribution in [2.45, 2.75) is 13.3 Å². The summed E-state index contributed by atoms with van der Waals surface area (Å²) in [4.78, 5) is 0. The van der Waals surface area contributed by atoms with Crippen LogP contribution in [0, 0.1) is 6.29 Å². The Bertz CT molecular complexity index is 68.8. The number of rotatable bonds is 7. The van der Waals surface area contributed by atoms with Gasteiger partial charge in [0.2, 0.25) is 6.29 Å². The smallest absolute Gasteiger partial charge is 0.223 e. The Labute approximate surface area is 66.7 Å². The van der Waals surface area contributed by atoms with Gasteiger partial charge in [0.1, 0.15) is 0 Å². The van der Waals surface area contributed by atoms with Crippen molar-refractivity contribution in [1.82, 2.24) is 0 Å². The molecule has 0 amide bonds. The summed E-state index contributed by atoms with van der Waals surface area (Å²) in [5.41, 5.74) is 0. The zero-order valence-corrected chi connectivity index (χ0v) is 6.75. The van der Waals surface area contributed by atoms with Crippen molar-refractivity contribution < 1.29 is 19.7 Å². The van der Waals surface area contributed by atoms with Gasteiger partial charge >= 0.3 is 0 Å². The van der Waals surface area contributed by atoms with E-state index in [9.17, 15) is 0 Å². The van der Waals surface area contributed by atoms with Gasteiger partial charge in [-0.15, -0.1) is 0 Å². The zero-order valence-electron chi connectivity index (χ0n) is 6.75. The van der Waals surface area contributed by atoms with Gasteiger partial charge < -0.3 is 19.7 Å². The average Bonchev–Trinajstić information content (AvgIpc) is 2.05. The van der Waals surface area contributed by atoms with Crippen LogP contribution in [0.25, 0.3) is 0 Å². The highest BCUT2D eigenvalue weighted by molar-refractivity contribution is 4.61. The minimum atomic E-state index is -0.0218. The Morgan fingerprint density at radius 3 is 1.82 bits per heavy atom. The van der Waals surface area contributed by atoms with Gasteiger partial charge in [-0.1, -0.05) is 6.92 Å². The molecule has 0 saturated heterocycles. The molecule has 67 valence electrons. The van der Waals surface area contributed by atoms with Crippen molar-refractivity contribution in [3.63, 3.8) is 0 Å². The van der Waals surface area contributed by atoms with Gasteiger partial charge in [0.25, 0.3) is 0 Å². The lowest BCUT2D eigenvalue weighted by Crippen LogP contribution is -2.12. The molecule has 0 heterocycles. The predicted molar refractivity (Wildman–Crippen MR) is 39.6 cm³/mol. The fourth-order valence-corrected chi connectivity index (χ4v) is 0.565. The van der Waals surface area contributed by atoms with Crippen LogP contribution < -0.4 is 0 Å². The average molecular weight is 163 g/mol. The number of aliphatic hydroxyl groups is 2. The molecule has 0 aliphatic rings. The maximum Gasteiger partial charge on any atom is 0.223 e. The van der Waals surface area contributed by atoms with E-state index in [-0.39, 0.29) is 26.4 Å². The van der Waals surface area contributed by atoms with E-state index in [2.05, 4.69) is 0 Å². The van der Waals surface area contributed by atoms with Gasteiger partial charge in [0.05, 0.1) is 26.4 Å².